The molecular formula is C60H84N4O16. The van der Waals surface area contributed by atoms with Crippen molar-refractivity contribution in [2.75, 3.05) is 106 Å². The third kappa shape index (κ3) is 12.9. The van der Waals surface area contributed by atoms with Gasteiger partial charge in [-0.1, -0.05) is 0 Å². The van der Waals surface area contributed by atoms with Crippen molar-refractivity contribution in [2.24, 2.45) is 0 Å². The Kier molecular flexibility index (Phi) is 22.0. The average molecular weight is 1120 g/mol. The molecule has 0 atom stereocenters. The lowest BCUT2D eigenvalue weighted by molar-refractivity contribution is 0.0936. The monoisotopic (exact) mass is 1120 g/mol. The third-order valence-electron chi connectivity index (χ3n) is 16.0. The second-order valence-corrected chi connectivity index (χ2v) is 21.1. The lowest BCUT2D eigenvalue weighted by atomic mass is 9.74. The van der Waals surface area contributed by atoms with Gasteiger partial charge in [-0.3, -0.25) is 0 Å². The lowest BCUT2D eigenvalue weighted by Gasteiger charge is -2.38. The van der Waals surface area contributed by atoms with Crippen molar-refractivity contribution in [2.45, 2.75) is 127 Å². The van der Waals surface area contributed by atoms with Gasteiger partial charge in [0.25, 0.3) is 0 Å². The molecule has 0 radical (unpaired) electrons. The smallest absolute Gasteiger partial charge is 0.230 e. The number of ether oxygens (including phenoxy) is 8. The van der Waals surface area contributed by atoms with Crippen LogP contribution in [0, 0.1) is 0 Å². The summed E-state index contributed by atoms with van der Waals surface area (Å²) in [6.45, 7) is 1.91. The minimum atomic E-state index is -0.466. The van der Waals surface area contributed by atoms with Crippen molar-refractivity contribution in [1.29, 1.82) is 0 Å². The second kappa shape index (κ2) is 29.7. The van der Waals surface area contributed by atoms with Crippen LogP contribution in [0.25, 0.3) is 0 Å². The quantitative estimate of drug-likeness (QED) is 0.0302. The summed E-state index contributed by atoms with van der Waals surface area (Å²) in [7, 11) is 0. The Balaban J connectivity index is 1.47. The first kappa shape index (κ1) is 59.4. The SMILES string of the molecule is OCCCNCc1c2c3cc4c1OCOc1c(cc5c(c1CNCCCO)OCOc1c(cc6c(c1CNCCCO)OCOc1c(cc(c(c1CNCCCO)OCO2)C3CCCO)C6CCCO)C5CCCO)C4CCCO. The Hall–Kier alpha value is -5.20. The number of hydrogen-bond acceptors (Lipinski definition) is 20. The van der Waals surface area contributed by atoms with Gasteiger partial charge < -0.3 is 100 Å². The first-order chi connectivity index (χ1) is 39.5. The van der Waals surface area contributed by atoms with Gasteiger partial charge in [0.2, 0.25) is 27.2 Å². The number of benzene rings is 4. The summed E-state index contributed by atoms with van der Waals surface area (Å²) < 4.78 is 55.3. The van der Waals surface area contributed by atoms with Crippen molar-refractivity contribution in [1.82, 2.24) is 21.3 Å². The molecule has 20 nitrogen and oxygen atoms in total. The fraction of sp³-hybridized carbons (Fsp3) is 0.600. The summed E-state index contributed by atoms with van der Waals surface area (Å²) in [5.41, 5.74) is 9.64. The van der Waals surface area contributed by atoms with Gasteiger partial charge in [0.1, 0.15) is 46.0 Å². The minimum absolute atomic E-state index is 0.00453. The molecule has 20 heteroatoms. The van der Waals surface area contributed by atoms with E-state index in [0.29, 0.717) is 149 Å². The molecule has 80 heavy (non-hydrogen) atoms. The molecular weight excluding hydrogens is 1030 g/mol. The molecule has 4 aliphatic heterocycles. The molecule has 0 aromatic heterocycles. The Morgan fingerprint density at radius 3 is 0.613 bits per heavy atom. The van der Waals surface area contributed by atoms with E-state index in [1.165, 1.54) is 0 Å². The van der Waals surface area contributed by atoms with Crippen LogP contribution in [-0.4, -0.2) is 147 Å². The summed E-state index contributed by atoms with van der Waals surface area (Å²) in [5, 5.41) is 97.0. The van der Waals surface area contributed by atoms with Crippen LogP contribution in [0.3, 0.4) is 0 Å². The summed E-state index contributed by atoms with van der Waals surface area (Å²) in [6, 6.07) is 8.74. The molecule has 9 rings (SSSR count). The molecule has 440 valence electrons. The van der Waals surface area contributed by atoms with Gasteiger partial charge in [-0.2, -0.15) is 0 Å². The number of hydrogen-bond donors (Lipinski definition) is 12. The van der Waals surface area contributed by atoms with Crippen molar-refractivity contribution < 1.29 is 78.7 Å². The van der Waals surface area contributed by atoms with Crippen molar-refractivity contribution in [3.05, 3.63) is 91.0 Å². The molecule has 0 unspecified atom stereocenters. The summed E-state index contributed by atoms with van der Waals surface area (Å²) >= 11 is 0. The van der Waals surface area contributed by atoms with Gasteiger partial charge in [-0.15, -0.1) is 0 Å². The van der Waals surface area contributed by atoms with Gasteiger partial charge in [0, 0.05) is 147 Å². The first-order valence-corrected chi connectivity index (χ1v) is 29.0. The van der Waals surface area contributed by atoms with Crippen LogP contribution in [-0.2, 0) is 26.2 Å². The summed E-state index contributed by atoms with van der Waals surface area (Å²) in [4.78, 5) is 0. The standard InChI is InChI=1S/C60H84N4O16/c65-17-1-9-37-41-25-43-38(10-2-18-66)45-27-47-40(12-4-20-68)48-28-46-39(11-3-19-67)44-26-42(37)54-50(30-62-14-6-22-70)56(44)76-35-78-58(46)52(32-64-16-8-24-72)60(48)80-36-79-59(47)51(31-63-15-7-23-71)57(45)77-34-75-55(43)49(29-61-13-5-21-69)53(41)73-33-74-54/h25-28,37-40,61-72H,1-24,29-36H2. The zero-order chi connectivity index (χ0) is 55.8. The normalized spacial score (nSPS) is 18.2. The second-order valence-electron chi connectivity index (χ2n) is 21.1. The van der Waals surface area contributed by atoms with Crippen molar-refractivity contribution in [3.63, 3.8) is 0 Å². The van der Waals surface area contributed by atoms with E-state index in [1.807, 2.05) is 0 Å². The van der Waals surface area contributed by atoms with Gasteiger partial charge in [0.15, 0.2) is 0 Å². The number of nitrogens with one attached hydrogen (secondary N) is 4. The maximum atomic E-state index is 10.8. The fourth-order valence-electron chi connectivity index (χ4n) is 12.4. The molecule has 0 saturated carbocycles. The van der Waals surface area contributed by atoms with Crippen molar-refractivity contribution in [3.8, 4) is 46.0 Å². The van der Waals surface area contributed by atoms with Gasteiger partial charge in [0.05, 0.1) is 22.3 Å². The fourth-order valence-corrected chi connectivity index (χ4v) is 12.4. The maximum absolute atomic E-state index is 10.8. The zero-order valence-electron chi connectivity index (χ0n) is 46.1. The molecule has 0 saturated heterocycles. The Bertz CT molecular complexity index is 2190. The van der Waals surface area contributed by atoms with Crippen LogP contribution >= 0.6 is 0 Å². The Morgan fingerprint density at radius 1 is 0.275 bits per heavy atom. The van der Waals surface area contributed by atoms with E-state index in [-0.39, 0.29) is 106 Å². The van der Waals surface area contributed by atoms with E-state index in [0.717, 1.165) is 66.8 Å². The number of aliphatic hydroxyl groups is 8. The van der Waals surface area contributed by atoms with Gasteiger partial charge >= 0.3 is 0 Å². The first-order valence-electron chi connectivity index (χ1n) is 29.0. The van der Waals surface area contributed by atoms with Crippen LogP contribution in [0.5, 0.6) is 46.0 Å². The highest BCUT2D eigenvalue weighted by molar-refractivity contribution is 5.70. The van der Waals surface area contributed by atoms with Crippen LogP contribution in [0.1, 0.15) is 167 Å². The zero-order valence-corrected chi connectivity index (χ0v) is 46.1. The minimum Gasteiger partial charge on any atom is -0.457 e. The predicted octanol–water partition coefficient (Wildman–Crippen LogP) is 4.42. The van der Waals surface area contributed by atoms with E-state index < -0.39 is 23.7 Å². The molecule has 4 aromatic carbocycles. The molecule has 4 heterocycles. The van der Waals surface area contributed by atoms with E-state index in [4.69, 9.17) is 37.9 Å². The molecule has 8 bridgehead atoms. The molecule has 12 N–H and O–H groups in total. The number of aliphatic hydroxyl groups excluding tert-OH is 8. The maximum Gasteiger partial charge on any atom is 0.230 e. The highest BCUT2D eigenvalue weighted by Crippen LogP contribution is 2.58. The molecule has 0 amide bonds. The largest absolute Gasteiger partial charge is 0.457 e. The molecule has 1 aliphatic carbocycles. The third-order valence-corrected chi connectivity index (χ3v) is 16.0. The average Bonchev–Trinajstić information content (AvgIpc) is 3.56. The van der Waals surface area contributed by atoms with E-state index in [2.05, 4.69) is 45.5 Å². The van der Waals surface area contributed by atoms with Crippen LogP contribution in [0.4, 0.5) is 0 Å². The topological polar surface area (TPSA) is 284 Å². The highest BCUT2D eigenvalue weighted by atomic mass is 16.7. The van der Waals surface area contributed by atoms with E-state index in [9.17, 15) is 40.9 Å². The van der Waals surface area contributed by atoms with Crippen LogP contribution < -0.4 is 59.2 Å². The molecule has 5 aliphatic rings. The van der Waals surface area contributed by atoms with Crippen LogP contribution in [0.2, 0.25) is 0 Å². The highest BCUT2D eigenvalue weighted by Gasteiger charge is 2.41. The number of rotatable bonds is 32. The van der Waals surface area contributed by atoms with Crippen LogP contribution in [0.15, 0.2) is 24.3 Å². The Morgan fingerprint density at radius 2 is 0.450 bits per heavy atom. The molecule has 4 aromatic rings. The molecule has 0 spiro atoms. The Labute approximate surface area is 468 Å². The lowest BCUT2D eigenvalue weighted by Crippen LogP contribution is -2.28. The molecule has 0 fully saturated rings. The summed E-state index contributed by atoms with van der Waals surface area (Å²) in [6.07, 6.45) is 5.57. The van der Waals surface area contributed by atoms with Gasteiger partial charge in [-0.25, -0.2) is 0 Å². The predicted molar refractivity (Wildman–Crippen MR) is 297 cm³/mol. The van der Waals surface area contributed by atoms with E-state index in [1.54, 1.807) is 0 Å². The summed E-state index contributed by atoms with van der Waals surface area (Å²) in [5.74, 6) is 2.56. The van der Waals surface area contributed by atoms with Gasteiger partial charge in [-0.05, 0) is 127 Å². The van der Waals surface area contributed by atoms with E-state index >= 15 is 0 Å². The van der Waals surface area contributed by atoms with Crippen molar-refractivity contribution >= 4 is 0 Å².